The second-order valence-corrected chi connectivity index (χ2v) is 4.75. The van der Waals surface area contributed by atoms with Gasteiger partial charge in [0.15, 0.2) is 0 Å². The van der Waals surface area contributed by atoms with Gasteiger partial charge in [-0.25, -0.2) is 0 Å². The molecule has 3 rings (SSSR count). The Bertz CT molecular complexity index is 729. The van der Waals surface area contributed by atoms with Crippen molar-refractivity contribution in [2.24, 2.45) is 0 Å². The van der Waals surface area contributed by atoms with Crippen LogP contribution in [0.1, 0.15) is 12.8 Å². The van der Waals surface area contributed by atoms with Crippen LogP contribution in [0.4, 0.5) is 0 Å². The molecule has 0 amide bonds. The Morgan fingerprint density at radius 2 is 1.73 bits per heavy atom. The molecule has 0 bridgehead atoms. The zero-order chi connectivity index (χ0) is 15.9. The van der Waals surface area contributed by atoms with Gasteiger partial charge in [0, 0.05) is 10.8 Å². The summed E-state index contributed by atoms with van der Waals surface area (Å²) in [6.07, 6.45) is 9.62. The second-order valence-electron chi connectivity index (χ2n) is 4.75. The average Bonchev–Trinajstić information content (AvgIpc) is 2.53. The normalized spacial score (nSPS) is 17.1. The number of allylic oxidation sites excluding steroid dienone is 2. The Labute approximate surface area is 127 Å². The molecule has 0 saturated carbocycles. The average molecular weight is 300 g/mol. The molecular weight excluding hydrogens is 284 g/mol. The van der Waals surface area contributed by atoms with E-state index in [2.05, 4.69) is 36.4 Å². The molecule has 1 heterocycles. The van der Waals surface area contributed by atoms with Crippen LogP contribution in [0.2, 0.25) is 0 Å². The summed E-state index contributed by atoms with van der Waals surface area (Å²) >= 11 is 0. The summed E-state index contributed by atoms with van der Waals surface area (Å²) in [6.45, 7) is 0. The number of benzene rings is 1. The summed E-state index contributed by atoms with van der Waals surface area (Å²) < 4.78 is 5.61. The topological polar surface area (TPSA) is 83.8 Å². The number of fused-ring (bicyclic) bond motifs is 2. The first-order chi connectivity index (χ1) is 10.6. The smallest absolute Gasteiger partial charge is 0.303 e. The molecule has 0 aromatic heterocycles. The Kier molecular flexibility index (Phi) is 5.14. The molecule has 114 valence electrons. The molecule has 1 aliphatic heterocycles. The quantitative estimate of drug-likeness (QED) is 0.871. The van der Waals surface area contributed by atoms with Gasteiger partial charge >= 0.3 is 11.9 Å². The molecule has 2 N–H and O–H groups in total. The van der Waals surface area contributed by atoms with Crippen LogP contribution in [-0.4, -0.2) is 28.3 Å². The lowest BCUT2D eigenvalue weighted by atomic mass is 9.99. The van der Waals surface area contributed by atoms with Crippen molar-refractivity contribution in [2.45, 2.75) is 18.9 Å². The molecule has 1 atom stereocenters. The molecule has 1 unspecified atom stereocenters. The maximum atomic E-state index is 9.64. The van der Waals surface area contributed by atoms with E-state index in [9.17, 15) is 9.59 Å². The minimum absolute atomic E-state index is 0.106. The number of ether oxygens (including phenoxy) is 1. The molecule has 1 aromatic carbocycles. The van der Waals surface area contributed by atoms with Gasteiger partial charge in [-0.15, -0.1) is 0 Å². The van der Waals surface area contributed by atoms with Crippen molar-refractivity contribution in [1.29, 1.82) is 0 Å². The zero-order valence-corrected chi connectivity index (χ0v) is 11.8. The third-order valence-corrected chi connectivity index (χ3v) is 3.15. The first-order valence-corrected chi connectivity index (χ1v) is 6.81. The number of carbonyl (C=O) groups is 2. The van der Waals surface area contributed by atoms with Gasteiger partial charge in [0.1, 0.15) is 6.10 Å². The summed E-state index contributed by atoms with van der Waals surface area (Å²) in [7, 11) is 0. The molecule has 0 fully saturated rings. The lowest BCUT2D eigenvalue weighted by Crippen LogP contribution is -2.35. The number of rotatable bonds is 3. The highest BCUT2D eigenvalue weighted by Crippen LogP contribution is 2.16. The van der Waals surface area contributed by atoms with Crippen LogP contribution < -0.4 is 10.4 Å². The number of hydrogen-bond acceptors (Lipinski definition) is 3. The van der Waals surface area contributed by atoms with E-state index in [1.807, 2.05) is 18.4 Å². The van der Waals surface area contributed by atoms with Crippen molar-refractivity contribution in [1.82, 2.24) is 0 Å². The largest absolute Gasteiger partial charge is 0.489 e. The SMILES string of the molecule is C1=CC2=c3ccccc3=COC2C=C1.O=C(O)CCC(=O)O. The van der Waals surface area contributed by atoms with E-state index in [0.29, 0.717) is 0 Å². The summed E-state index contributed by atoms with van der Waals surface area (Å²) in [6, 6.07) is 8.31. The first kappa shape index (κ1) is 15.6. The second kappa shape index (κ2) is 7.26. The van der Waals surface area contributed by atoms with Crippen LogP contribution in [0.25, 0.3) is 11.8 Å². The van der Waals surface area contributed by atoms with Gasteiger partial charge in [-0.1, -0.05) is 42.5 Å². The highest BCUT2D eigenvalue weighted by molar-refractivity contribution is 5.75. The minimum atomic E-state index is -1.08. The Morgan fingerprint density at radius 1 is 1.05 bits per heavy atom. The molecule has 0 saturated heterocycles. The Hall–Kier alpha value is -2.82. The standard InChI is InChI=1S/C13H10O.C4H6O4/c1-2-6-11-10(5-1)9-14-13-8-4-3-7-12(11)13;5-3(6)1-2-4(7)8/h1-9,13H;1-2H2,(H,5,6)(H,7,8). The highest BCUT2D eigenvalue weighted by atomic mass is 16.5. The van der Waals surface area contributed by atoms with Gasteiger partial charge in [-0.05, 0) is 11.3 Å². The van der Waals surface area contributed by atoms with Gasteiger partial charge in [0.2, 0.25) is 0 Å². The fraction of sp³-hybridized carbons (Fsp3) is 0.176. The lowest BCUT2D eigenvalue weighted by molar-refractivity contribution is -0.143. The summed E-state index contributed by atoms with van der Waals surface area (Å²) in [5.41, 5.74) is 1.26. The van der Waals surface area contributed by atoms with E-state index in [-0.39, 0.29) is 18.9 Å². The van der Waals surface area contributed by atoms with Crippen LogP contribution in [0.5, 0.6) is 0 Å². The molecule has 5 heteroatoms. The minimum Gasteiger partial charge on any atom is -0.489 e. The van der Waals surface area contributed by atoms with E-state index in [1.54, 1.807) is 0 Å². The third kappa shape index (κ3) is 4.09. The van der Waals surface area contributed by atoms with E-state index < -0.39 is 11.9 Å². The van der Waals surface area contributed by atoms with E-state index in [0.717, 1.165) is 0 Å². The van der Waals surface area contributed by atoms with Crippen LogP contribution in [-0.2, 0) is 14.3 Å². The van der Waals surface area contributed by atoms with Crippen molar-refractivity contribution in [3.63, 3.8) is 0 Å². The number of hydrogen-bond donors (Lipinski definition) is 2. The van der Waals surface area contributed by atoms with Crippen molar-refractivity contribution >= 4 is 23.8 Å². The van der Waals surface area contributed by atoms with Crippen LogP contribution in [0, 0.1) is 0 Å². The Balaban J connectivity index is 0.000000192. The zero-order valence-electron chi connectivity index (χ0n) is 11.8. The van der Waals surface area contributed by atoms with Crippen LogP contribution >= 0.6 is 0 Å². The molecular formula is C17H16O5. The molecule has 5 nitrogen and oxygen atoms in total. The van der Waals surface area contributed by atoms with Gasteiger partial charge in [-0.2, -0.15) is 0 Å². The first-order valence-electron chi connectivity index (χ1n) is 6.81. The fourth-order valence-electron chi connectivity index (χ4n) is 2.11. The molecule has 1 aromatic rings. The lowest BCUT2D eigenvalue weighted by Gasteiger charge is -2.20. The van der Waals surface area contributed by atoms with E-state index in [1.165, 1.54) is 16.0 Å². The molecule has 22 heavy (non-hydrogen) atoms. The Morgan fingerprint density at radius 3 is 2.41 bits per heavy atom. The molecule has 1 aliphatic carbocycles. The van der Waals surface area contributed by atoms with Crippen molar-refractivity contribution < 1.29 is 24.5 Å². The van der Waals surface area contributed by atoms with Crippen LogP contribution in [0.15, 0.2) is 48.6 Å². The summed E-state index contributed by atoms with van der Waals surface area (Å²) in [5, 5.41) is 18.2. The third-order valence-electron chi connectivity index (χ3n) is 3.15. The molecule has 0 radical (unpaired) electrons. The van der Waals surface area contributed by atoms with Crippen molar-refractivity contribution in [2.75, 3.05) is 0 Å². The summed E-state index contributed by atoms with van der Waals surface area (Å²) in [4.78, 5) is 19.3. The van der Waals surface area contributed by atoms with Crippen LogP contribution in [0.3, 0.4) is 0 Å². The van der Waals surface area contributed by atoms with Gasteiger partial charge in [-0.3, -0.25) is 9.59 Å². The highest BCUT2D eigenvalue weighted by Gasteiger charge is 2.14. The van der Waals surface area contributed by atoms with Crippen molar-refractivity contribution in [3.05, 3.63) is 59.0 Å². The predicted octanol–water partition coefficient (Wildman–Crippen LogP) is 1.04. The van der Waals surface area contributed by atoms with Crippen molar-refractivity contribution in [3.8, 4) is 0 Å². The summed E-state index contributed by atoms with van der Waals surface area (Å²) in [5.74, 6) is -2.15. The van der Waals surface area contributed by atoms with E-state index >= 15 is 0 Å². The van der Waals surface area contributed by atoms with Gasteiger partial charge in [0.25, 0.3) is 0 Å². The maximum absolute atomic E-state index is 9.64. The van der Waals surface area contributed by atoms with E-state index in [4.69, 9.17) is 14.9 Å². The van der Waals surface area contributed by atoms with Gasteiger partial charge < -0.3 is 14.9 Å². The fourth-order valence-corrected chi connectivity index (χ4v) is 2.11. The monoisotopic (exact) mass is 300 g/mol. The number of carboxylic acid groups (broad SMARTS) is 2. The number of carboxylic acids is 2. The molecule has 2 aliphatic rings. The molecule has 0 spiro atoms. The number of aliphatic carboxylic acids is 2. The maximum Gasteiger partial charge on any atom is 0.303 e. The predicted molar refractivity (Wildman–Crippen MR) is 81.2 cm³/mol. The van der Waals surface area contributed by atoms with Gasteiger partial charge in [0.05, 0.1) is 19.1 Å².